The highest BCUT2D eigenvalue weighted by atomic mass is 19.4. The standard InChI is InChI=1S/C21H16F6N2O3/c1-31-17-4-2-12(3-5-17)19-29-16(11-32-19)6-7-28-18(30)13-8-14(20(22,23)24)10-15(9-13)21(25,26)27/h2-5,8-11H,6-7H2,1H3,(H,28,30). The van der Waals surface area contributed by atoms with Crippen LogP contribution >= 0.6 is 0 Å². The highest BCUT2D eigenvalue weighted by molar-refractivity contribution is 5.94. The second-order valence-electron chi connectivity index (χ2n) is 6.67. The molecule has 32 heavy (non-hydrogen) atoms. The van der Waals surface area contributed by atoms with Crippen LogP contribution in [0.1, 0.15) is 27.2 Å². The Hall–Kier alpha value is -3.50. The van der Waals surface area contributed by atoms with Gasteiger partial charge in [-0.25, -0.2) is 4.98 Å². The molecule has 0 aliphatic rings. The minimum absolute atomic E-state index is 0.0349. The monoisotopic (exact) mass is 458 g/mol. The molecule has 0 saturated carbocycles. The summed E-state index contributed by atoms with van der Waals surface area (Å²) in [5, 5.41) is 2.30. The lowest BCUT2D eigenvalue weighted by atomic mass is 10.0. The van der Waals surface area contributed by atoms with Gasteiger partial charge in [0.05, 0.1) is 23.9 Å². The Kier molecular flexibility index (Phi) is 6.47. The molecule has 0 unspecified atom stereocenters. The van der Waals surface area contributed by atoms with Crippen molar-refractivity contribution < 1.29 is 40.3 Å². The third-order valence-corrected chi connectivity index (χ3v) is 4.41. The Morgan fingerprint density at radius 3 is 2.12 bits per heavy atom. The molecular formula is C21H16F6N2O3. The zero-order valence-corrected chi connectivity index (χ0v) is 16.5. The molecule has 11 heteroatoms. The molecule has 5 nitrogen and oxygen atoms in total. The van der Waals surface area contributed by atoms with Crippen LogP contribution in [0.15, 0.2) is 53.1 Å². The first-order valence-corrected chi connectivity index (χ1v) is 9.14. The molecule has 3 aromatic rings. The average Bonchev–Trinajstić information content (AvgIpc) is 3.21. The van der Waals surface area contributed by atoms with E-state index in [-0.39, 0.29) is 19.0 Å². The summed E-state index contributed by atoms with van der Waals surface area (Å²) in [6, 6.07) is 7.59. The van der Waals surface area contributed by atoms with Crippen molar-refractivity contribution in [3.63, 3.8) is 0 Å². The van der Waals surface area contributed by atoms with Crippen LogP contribution in [0.5, 0.6) is 5.75 Å². The first-order chi connectivity index (χ1) is 15.0. The Morgan fingerprint density at radius 2 is 1.59 bits per heavy atom. The molecule has 1 N–H and O–H groups in total. The van der Waals surface area contributed by atoms with Gasteiger partial charge in [0.2, 0.25) is 5.89 Å². The molecule has 1 amide bonds. The number of nitrogens with zero attached hydrogens (tertiary/aromatic N) is 1. The van der Waals surface area contributed by atoms with Gasteiger partial charge in [-0.2, -0.15) is 26.3 Å². The first kappa shape index (κ1) is 23.2. The molecule has 2 aromatic carbocycles. The van der Waals surface area contributed by atoms with Crippen molar-refractivity contribution in [1.82, 2.24) is 10.3 Å². The van der Waals surface area contributed by atoms with E-state index in [9.17, 15) is 31.1 Å². The summed E-state index contributed by atoms with van der Waals surface area (Å²) in [6.07, 6.45) is -8.57. The highest BCUT2D eigenvalue weighted by Gasteiger charge is 2.37. The van der Waals surface area contributed by atoms with Gasteiger partial charge in [-0.3, -0.25) is 4.79 Å². The predicted molar refractivity (Wildman–Crippen MR) is 101 cm³/mol. The number of aromatic nitrogens is 1. The average molecular weight is 458 g/mol. The number of methoxy groups -OCH3 is 1. The molecular weight excluding hydrogens is 442 g/mol. The SMILES string of the molecule is COc1ccc(-c2nc(CCNC(=O)c3cc(C(F)(F)F)cc(C(F)(F)F)c3)co2)cc1. The Bertz CT molecular complexity index is 1060. The molecule has 1 heterocycles. The van der Waals surface area contributed by atoms with Crippen LogP contribution in [-0.4, -0.2) is 24.5 Å². The number of rotatable bonds is 6. The van der Waals surface area contributed by atoms with Gasteiger partial charge in [-0.15, -0.1) is 0 Å². The Balaban J connectivity index is 1.67. The van der Waals surface area contributed by atoms with E-state index in [1.807, 2.05) is 0 Å². The summed E-state index contributed by atoms with van der Waals surface area (Å²) in [4.78, 5) is 16.4. The van der Waals surface area contributed by atoms with E-state index in [4.69, 9.17) is 9.15 Å². The van der Waals surface area contributed by atoms with Gasteiger partial charge in [0, 0.05) is 24.1 Å². The van der Waals surface area contributed by atoms with Gasteiger partial charge < -0.3 is 14.5 Å². The van der Waals surface area contributed by atoms with Crippen LogP contribution in [0.4, 0.5) is 26.3 Å². The molecule has 0 saturated heterocycles. The summed E-state index contributed by atoms with van der Waals surface area (Å²) in [7, 11) is 1.52. The lowest BCUT2D eigenvalue weighted by Crippen LogP contribution is -2.26. The Labute approximate surface area is 178 Å². The molecule has 3 rings (SSSR count). The van der Waals surface area contributed by atoms with E-state index in [0.29, 0.717) is 35.0 Å². The van der Waals surface area contributed by atoms with Crippen molar-refractivity contribution in [2.24, 2.45) is 0 Å². The molecule has 0 radical (unpaired) electrons. The van der Waals surface area contributed by atoms with Gasteiger partial charge >= 0.3 is 12.4 Å². The van der Waals surface area contributed by atoms with E-state index in [2.05, 4.69) is 10.3 Å². The fraction of sp³-hybridized carbons (Fsp3) is 0.238. The van der Waals surface area contributed by atoms with Crippen LogP contribution in [0, 0.1) is 0 Å². The number of hydrogen-bond donors (Lipinski definition) is 1. The second-order valence-corrected chi connectivity index (χ2v) is 6.67. The summed E-state index contributed by atoms with van der Waals surface area (Å²) in [6.45, 7) is -0.0784. The lowest BCUT2D eigenvalue weighted by Gasteiger charge is -2.14. The summed E-state index contributed by atoms with van der Waals surface area (Å²) in [5.41, 5.74) is -2.75. The number of halogens is 6. The van der Waals surface area contributed by atoms with Crippen molar-refractivity contribution in [3.8, 4) is 17.2 Å². The predicted octanol–water partition coefficient (Wildman–Crippen LogP) is 5.36. The van der Waals surface area contributed by atoms with Crippen LogP contribution < -0.4 is 10.1 Å². The van der Waals surface area contributed by atoms with Crippen molar-refractivity contribution in [1.29, 1.82) is 0 Å². The van der Waals surface area contributed by atoms with Gasteiger partial charge in [0.1, 0.15) is 12.0 Å². The maximum atomic E-state index is 12.9. The largest absolute Gasteiger partial charge is 0.497 e. The number of ether oxygens (including phenoxy) is 1. The molecule has 0 atom stereocenters. The summed E-state index contributed by atoms with van der Waals surface area (Å²) < 4.78 is 88.0. The molecule has 170 valence electrons. The first-order valence-electron chi connectivity index (χ1n) is 9.14. The molecule has 0 spiro atoms. The third-order valence-electron chi connectivity index (χ3n) is 4.41. The quantitative estimate of drug-likeness (QED) is 0.505. The van der Waals surface area contributed by atoms with E-state index >= 15 is 0 Å². The van der Waals surface area contributed by atoms with Gasteiger partial charge in [0.25, 0.3) is 5.91 Å². The van der Waals surface area contributed by atoms with Crippen LogP contribution in [0.25, 0.3) is 11.5 Å². The third kappa shape index (κ3) is 5.59. The minimum atomic E-state index is -5.03. The normalized spacial score (nSPS) is 12.0. The second kappa shape index (κ2) is 8.93. The molecule has 0 aliphatic carbocycles. The number of hydrogen-bond acceptors (Lipinski definition) is 4. The van der Waals surface area contributed by atoms with Crippen LogP contribution in [0.2, 0.25) is 0 Å². The highest BCUT2D eigenvalue weighted by Crippen LogP contribution is 2.36. The topological polar surface area (TPSA) is 64.4 Å². The van der Waals surface area contributed by atoms with Crippen LogP contribution in [0.3, 0.4) is 0 Å². The fourth-order valence-electron chi connectivity index (χ4n) is 2.78. The number of oxazole rings is 1. The summed E-state index contributed by atoms with van der Waals surface area (Å²) in [5.74, 6) is -0.117. The maximum absolute atomic E-state index is 12.9. The van der Waals surface area contributed by atoms with E-state index < -0.39 is 35.0 Å². The van der Waals surface area contributed by atoms with E-state index in [0.717, 1.165) is 0 Å². The zero-order valence-electron chi connectivity index (χ0n) is 16.5. The molecule has 0 fully saturated rings. The van der Waals surface area contributed by atoms with Crippen LogP contribution in [-0.2, 0) is 18.8 Å². The number of carbonyl (C=O) groups excluding carboxylic acids is 1. The zero-order chi connectivity index (χ0) is 23.5. The van der Waals surface area contributed by atoms with Crippen molar-refractivity contribution in [2.45, 2.75) is 18.8 Å². The lowest BCUT2D eigenvalue weighted by molar-refractivity contribution is -0.143. The number of alkyl halides is 6. The van der Waals surface area contributed by atoms with E-state index in [1.165, 1.54) is 13.4 Å². The molecule has 0 bridgehead atoms. The van der Waals surface area contributed by atoms with Gasteiger partial charge in [-0.05, 0) is 42.5 Å². The minimum Gasteiger partial charge on any atom is -0.497 e. The number of amides is 1. The number of benzene rings is 2. The number of nitrogens with one attached hydrogen (secondary N) is 1. The van der Waals surface area contributed by atoms with E-state index in [1.54, 1.807) is 24.3 Å². The van der Waals surface area contributed by atoms with Crippen molar-refractivity contribution >= 4 is 5.91 Å². The fourth-order valence-corrected chi connectivity index (χ4v) is 2.78. The Morgan fingerprint density at radius 1 is 1.00 bits per heavy atom. The number of carbonyl (C=O) groups is 1. The summed E-state index contributed by atoms with van der Waals surface area (Å²) >= 11 is 0. The van der Waals surface area contributed by atoms with Crippen molar-refractivity contribution in [2.75, 3.05) is 13.7 Å². The molecule has 0 aliphatic heterocycles. The van der Waals surface area contributed by atoms with Gasteiger partial charge in [0.15, 0.2) is 0 Å². The molecule has 1 aromatic heterocycles. The van der Waals surface area contributed by atoms with Gasteiger partial charge in [-0.1, -0.05) is 0 Å². The smallest absolute Gasteiger partial charge is 0.416 e. The van der Waals surface area contributed by atoms with Crippen molar-refractivity contribution in [3.05, 3.63) is 71.1 Å². The maximum Gasteiger partial charge on any atom is 0.416 e.